The van der Waals surface area contributed by atoms with Crippen LogP contribution in [0.1, 0.15) is 25.7 Å². The Balaban J connectivity index is 1.42. The quantitative estimate of drug-likeness (QED) is 0.719. The zero-order valence-electron chi connectivity index (χ0n) is 14.3. The molecular weight excluding hydrogens is 314 g/mol. The van der Waals surface area contributed by atoms with Crippen LogP contribution in [0, 0.1) is 0 Å². The summed E-state index contributed by atoms with van der Waals surface area (Å²) in [5, 5.41) is 9.85. The Morgan fingerprint density at radius 1 is 1.16 bits per heavy atom. The van der Waals surface area contributed by atoms with Gasteiger partial charge in [-0.05, 0) is 37.8 Å². The number of aryl methyl sites for hydroxylation is 1. The molecule has 0 unspecified atom stereocenters. The van der Waals surface area contributed by atoms with E-state index in [4.69, 9.17) is 0 Å². The maximum Gasteiger partial charge on any atom is 0.244 e. The molecule has 0 saturated carbocycles. The molecule has 0 aliphatic carbocycles. The molecule has 0 spiro atoms. The van der Waals surface area contributed by atoms with Crippen molar-refractivity contribution in [3.8, 4) is 0 Å². The molecule has 1 atom stereocenters. The number of carbonyl (C=O) groups is 1. The number of fused-ring (bicyclic) bond motifs is 1. The van der Waals surface area contributed by atoms with Gasteiger partial charge >= 0.3 is 0 Å². The molecule has 0 N–H and O–H groups in total. The van der Waals surface area contributed by atoms with Gasteiger partial charge in [0, 0.05) is 43.1 Å². The predicted molar refractivity (Wildman–Crippen MR) is 95.9 cm³/mol. The lowest BCUT2D eigenvalue weighted by Crippen LogP contribution is -2.45. The highest BCUT2D eigenvalue weighted by molar-refractivity contribution is 5.80. The summed E-state index contributed by atoms with van der Waals surface area (Å²) < 4.78 is 3.71. The second-order valence-electron chi connectivity index (χ2n) is 6.68. The topological polar surface area (TPSA) is 56.0 Å². The summed E-state index contributed by atoms with van der Waals surface area (Å²) in [6.07, 6.45) is 10.0. The summed E-state index contributed by atoms with van der Waals surface area (Å²) in [5.74, 6) is 0.165. The number of benzene rings is 1. The van der Waals surface area contributed by atoms with E-state index in [-0.39, 0.29) is 5.91 Å². The largest absolute Gasteiger partial charge is 0.338 e. The van der Waals surface area contributed by atoms with Crippen LogP contribution in [0.15, 0.2) is 48.9 Å². The normalized spacial score (nSPS) is 17.9. The summed E-state index contributed by atoms with van der Waals surface area (Å²) in [4.78, 5) is 14.9. The minimum atomic E-state index is 0.165. The molecule has 3 heterocycles. The van der Waals surface area contributed by atoms with Gasteiger partial charge in [-0.15, -0.1) is 0 Å². The molecule has 2 aromatic heterocycles. The lowest BCUT2D eigenvalue weighted by molar-refractivity contribution is -0.136. The number of carbonyl (C=O) groups excluding carboxylic acids is 1. The first-order chi connectivity index (χ1) is 12.3. The molecule has 6 heteroatoms. The van der Waals surface area contributed by atoms with Crippen LogP contribution < -0.4 is 0 Å². The van der Waals surface area contributed by atoms with Crippen LogP contribution in [0.4, 0.5) is 0 Å². The number of aromatic nitrogens is 4. The Bertz CT molecular complexity index is 806. The van der Waals surface area contributed by atoms with Crippen molar-refractivity contribution in [2.24, 2.45) is 0 Å². The monoisotopic (exact) mass is 337 g/mol. The Morgan fingerprint density at radius 3 is 2.92 bits per heavy atom. The van der Waals surface area contributed by atoms with Crippen molar-refractivity contribution in [1.82, 2.24) is 24.5 Å². The smallest absolute Gasteiger partial charge is 0.244 e. The number of hydrogen-bond donors (Lipinski definition) is 0. The molecule has 0 radical (unpaired) electrons. The maximum atomic E-state index is 12.9. The van der Waals surface area contributed by atoms with Crippen molar-refractivity contribution in [3.63, 3.8) is 0 Å². The van der Waals surface area contributed by atoms with Crippen LogP contribution in [0.2, 0.25) is 0 Å². The highest BCUT2D eigenvalue weighted by atomic mass is 16.2. The summed E-state index contributed by atoms with van der Waals surface area (Å²) in [5.41, 5.74) is 0.934. The number of piperidine rings is 1. The third-order valence-corrected chi connectivity index (χ3v) is 4.96. The molecule has 1 aliphatic rings. The van der Waals surface area contributed by atoms with E-state index in [2.05, 4.69) is 15.1 Å². The second-order valence-corrected chi connectivity index (χ2v) is 6.68. The summed E-state index contributed by atoms with van der Waals surface area (Å²) in [7, 11) is 0. The molecule has 1 aliphatic heterocycles. The lowest BCUT2D eigenvalue weighted by atomic mass is 9.99. The van der Waals surface area contributed by atoms with Gasteiger partial charge in [0.15, 0.2) is 0 Å². The molecular formula is C19H23N5O. The first kappa shape index (κ1) is 15.9. The third-order valence-electron chi connectivity index (χ3n) is 4.96. The van der Waals surface area contributed by atoms with E-state index in [1.54, 1.807) is 10.9 Å². The first-order valence-corrected chi connectivity index (χ1v) is 8.99. The molecule has 1 amide bonds. The molecule has 1 aromatic carbocycles. The molecule has 1 fully saturated rings. The standard InChI is InChI=1S/C19H23N5O/c25-19(15-23-14-16-6-1-2-8-18(16)21-23)24-12-4-3-7-17(24)9-13-22-11-5-10-20-22/h1-2,5-6,8,10-11,14,17H,3-4,7,9,12-13,15H2/t17-/m0/s1. The Kier molecular flexibility index (Phi) is 4.50. The Morgan fingerprint density at radius 2 is 2.08 bits per heavy atom. The van der Waals surface area contributed by atoms with Crippen molar-refractivity contribution in [1.29, 1.82) is 0 Å². The summed E-state index contributed by atoms with van der Waals surface area (Å²) in [6.45, 7) is 2.02. The number of rotatable bonds is 5. The summed E-state index contributed by atoms with van der Waals surface area (Å²) in [6, 6.07) is 10.2. The van der Waals surface area contributed by atoms with Crippen molar-refractivity contribution in [2.75, 3.05) is 6.54 Å². The van der Waals surface area contributed by atoms with Crippen LogP contribution in [0.5, 0.6) is 0 Å². The van der Waals surface area contributed by atoms with Gasteiger partial charge in [0.2, 0.25) is 5.91 Å². The minimum absolute atomic E-state index is 0.165. The fraction of sp³-hybridized carbons (Fsp3) is 0.421. The first-order valence-electron chi connectivity index (χ1n) is 8.99. The van der Waals surface area contributed by atoms with Gasteiger partial charge in [-0.3, -0.25) is 14.2 Å². The third kappa shape index (κ3) is 3.57. The van der Waals surface area contributed by atoms with E-state index in [1.807, 2.05) is 47.4 Å². The SMILES string of the molecule is O=C(Cn1cc2ccccc2n1)N1CCCC[C@H]1CCn1cccn1. The number of hydrogen-bond acceptors (Lipinski definition) is 3. The molecule has 0 bridgehead atoms. The molecule has 25 heavy (non-hydrogen) atoms. The van der Waals surface area contributed by atoms with Gasteiger partial charge in [0.25, 0.3) is 0 Å². The predicted octanol–water partition coefficient (Wildman–Crippen LogP) is 2.70. The lowest BCUT2D eigenvalue weighted by Gasteiger charge is -2.36. The number of nitrogens with zero attached hydrogens (tertiary/aromatic N) is 5. The molecule has 4 rings (SSSR count). The second kappa shape index (κ2) is 7.09. The molecule has 6 nitrogen and oxygen atoms in total. The van der Waals surface area contributed by atoms with Gasteiger partial charge < -0.3 is 4.90 Å². The Hall–Kier alpha value is -2.63. The van der Waals surface area contributed by atoms with Crippen LogP contribution in [0.25, 0.3) is 10.9 Å². The van der Waals surface area contributed by atoms with Crippen molar-refractivity contribution in [2.45, 2.75) is 44.8 Å². The average molecular weight is 337 g/mol. The van der Waals surface area contributed by atoms with E-state index in [1.165, 1.54) is 6.42 Å². The van der Waals surface area contributed by atoms with Crippen LogP contribution in [-0.2, 0) is 17.9 Å². The van der Waals surface area contributed by atoms with Crippen molar-refractivity contribution < 1.29 is 4.79 Å². The van der Waals surface area contributed by atoms with Crippen LogP contribution in [0.3, 0.4) is 0 Å². The molecule has 3 aromatic rings. The van der Waals surface area contributed by atoms with Gasteiger partial charge in [0.1, 0.15) is 6.54 Å². The van der Waals surface area contributed by atoms with Gasteiger partial charge in [0.05, 0.1) is 5.52 Å². The fourth-order valence-electron chi connectivity index (χ4n) is 3.67. The van der Waals surface area contributed by atoms with Crippen LogP contribution >= 0.6 is 0 Å². The van der Waals surface area contributed by atoms with E-state index >= 15 is 0 Å². The summed E-state index contributed by atoms with van der Waals surface area (Å²) >= 11 is 0. The van der Waals surface area contributed by atoms with Gasteiger partial charge in [-0.1, -0.05) is 18.2 Å². The maximum absolute atomic E-state index is 12.9. The van der Waals surface area contributed by atoms with Crippen molar-refractivity contribution in [3.05, 3.63) is 48.9 Å². The molecule has 1 saturated heterocycles. The zero-order chi connectivity index (χ0) is 17.1. The van der Waals surface area contributed by atoms with E-state index in [0.29, 0.717) is 12.6 Å². The highest BCUT2D eigenvalue weighted by Crippen LogP contribution is 2.21. The van der Waals surface area contributed by atoms with Gasteiger partial charge in [-0.2, -0.15) is 10.2 Å². The van der Waals surface area contributed by atoms with Crippen LogP contribution in [-0.4, -0.2) is 43.0 Å². The van der Waals surface area contributed by atoms with E-state index in [0.717, 1.165) is 43.3 Å². The van der Waals surface area contributed by atoms with Crippen molar-refractivity contribution >= 4 is 16.8 Å². The fourth-order valence-corrected chi connectivity index (χ4v) is 3.67. The number of amides is 1. The van der Waals surface area contributed by atoms with E-state index < -0.39 is 0 Å². The average Bonchev–Trinajstić information content (AvgIpc) is 3.29. The van der Waals surface area contributed by atoms with Gasteiger partial charge in [-0.25, -0.2) is 0 Å². The zero-order valence-corrected chi connectivity index (χ0v) is 14.3. The molecule has 130 valence electrons. The van der Waals surface area contributed by atoms with E-state index in [9.17, 15) is 4.79 Å². The highest BCUT2D eigenvalue weighted by Gasteiger charge is 2.26. The Labute approximate surface area is 147 Å². The number of likely N-dealkylation sites (tertiary alicyclic amines) is 1. The minimum Gasteiger partial charge on any atom is -0.338 e.